The van der Waals surface area contributed by atoms with Crippen LogP contribution in [-0.4, -0.2) is 26.9 Å². The molecular weight excluding hydrogens is 438 g/mol. The van der Waals surface area contributed by atoms with Crippen molar-refractivity contribution in [3.8, 4) is 0 Å². The number of carbonyl (C=O) groups is 1. The highest BCUT2D eigenvalue weighted by Crippen LogP contribution is 2.20. The number of aryl methyl sites for hydroxylation is 3. The molecule has 1 amide bonds. The lowest BCUT2D eigenvalue weighted by molar-refractivity contribution is -0.116. The third-order valence-electron chi connectivity index (χ3n) is 5.39. The zero-order valence-electron chi connectivity index (χ0n) is 20.3. The minimum absolute atomic E-state index is 0.194. The van der Waals surface area contributed by atoms with E-state index in [0.29, 0.717) is 11.9 Å². The van der Waals surface area contributed by atoms with E-state index < -0.39 is 6.04 Å². The van der Waals surface area contributed by atoms with Crippen molar-refractivity contribution >= 4 is 40.8 Å². The van der Waals surface area contributed by atoms with E-state index in [9.17, 15) is 4.79 Å². The van der Waals surface area contributed by atoms with Gasteiger partial charge in [-0.1, -0.05) is 53.6 Å². The molecule has 4 N–H and O–H groups in total. The lowest BCUT2D eigenvalue weighted by Crippen LogP contribution is -2.33. The highest BCUT2D eigenvalue weighted by molar-refractivity contribution is 5.96. The maximum atomic E-state index is 12.8. The molecule has 1 aromatic heterocycles. The first-order chi connectivity index (χ1) is 16.9. The molecule has 0 aliphatic rings. The number of para-hydroxylation sites is 1. The standard InChI is InChI=1S/C27H29N7O/c1-17-9-13-21(14-10-17)29-26-32-25(33-27(34-26)30-22-15-11-18(2)12-16-22)28-20(4)24(35)31-23-8-6-5-7-19(23)3/h5-16,20H,1-4H3,(H,31,35)(H3,28,29,30,32,33,34)/t20-/m1/s1. The molecule has 1 atom stereocenters. The fourth-order valence-electron chi connectivity index (χ4n) is 3.30. The second kappa shape index (κ2) is 10.6. The van der Waals surface area contributed by atoms with Gasteiger partial charge in [-0.2, -0.15) is 15.0 Å². The molecule has 8 nitrogen and oxygen atoms in total. The normalized spacial score (nSPS) is 11.4. The average molecular weight is 468 g/mol. The molecular formula is C27H29N7O. The van der Waals surface area contributed by atoms with Crippen LogP contribution in [0.4, 0.5) is 34.9 Å². The summed E-state index contributed by atoms with van der Waals surface area (Å²) in [7, 11) is 0. The molecule has 0 radical (unpaired) electrons. The number of anilines is 6. The van der Waals surface area contributed by atoms with Crippen molar-refractivity contribution in [3.63, 3.8) is 0 Å². The maximum absolute atomic E-state index is 12.8. The van der Waals surface area contributed by atoms with Gasteiger partial charge in [0.1, 0.15) is 6.04 Å². The summed E-state index contributed by atoms with van der Waals surface area (Å²) in [5.74, 6) is 0.789. The van der Waals surface area contributed by atoms with Gasteiger partial charge in [-0.3, -0.25) is 4.79 Å². The molecule has 1 heterocycles. The highest BCUT2D eigenvalue weighted by atomic mass is 16.2. The largest absolute Gasteiger partial charge is 0.342 e. The molecule has 0 spiro atoms. The number of carbonyl (C=O) groups excluding carboxylic acids is 1. The van der Waals surface area contributed by atoms with Crippen LogP contribution >= 0.6 is 0 Å². The van der Waals surface area contributed by atoms with Gasteiger partial charge in [-0.25, -0.2) is 0 Å². The van der Waals surface area contributed by atoms with Crippen molar-refractivity contribution in [2.75, 3.05) is 21.3 Å². The van der Waals surface area contributed by atoms with Gasteiger partial charge in [0.25, 0.3) is 0 Å². The van der Waals surface area contributed by atoms with Crippen LogP contribution < -0.4 is 21.3 Å². The lowest BCUT2D eigenvalue weighted by atomic mass is 10.2. The molecule has 35 heavy (non-hydrogen) atoms. The second-order valence-electron chi connectivity index (χ2n) is 8.46. The van der Waals surface area contributed by atoms with E-state index in [1.54, 1.807) is 6.92 Å². The van der Waals surface area contributed by atoms with Crippen LogP contribution in [0, 0.1) is 20.8 Å². The topological polar surface area (TPSA) is 104 Å². The van der Waals surface area contributed by atoms with Crippen molar-refractivity contribution in [2.24, 2.45) is 0 Å². The Kier molecular flexibility index (Phi) is 7.21. The minimum Gasteiger partial charge on any atom is -0.342 e. The average Bonchev–Trinajstić information content (AvgIpc) is 2.83. The van der Waals surface area contributed by atoms with E-state index >= 15 is 0 Å². The van der Waals surface area contributed by atoms with Gasteiger partial charge in [0.15, 0.2) is 0 Å². The molecule has 0 aliphatic carbocycles. The zero-order chi connectivity index (χ0) is 24.8. The summed E-state index contributed by atoms with van der Waals surface area (Å²) in [6.45, 7) is 7.77. The van der Waals surface area contributed by atoms with Crippen molar-refractivity contribution in [3.05, 3.63) is 89.5 Å². The van der Waals surface area contributed by atoms with E-state index in [1.165, 1.54) is 0 Å². The van der Waals surface area contributed by atoms with Crippen LogP contribution in [0.1, 0.15) is 23.6 Å². The van der Waals surface area contributed by atoms with Gasteiger partial charge in [0.05, 0.1) is 0 Å². The predicted octanol–water partition coefficient (Wildman–Crippen LogP) is 5.72. The van der Waals surface area contributed by atoms with Crippen molar-refractivity contribution in [1.82, 2.24) is 15.0 Å². The van der Waals surface area contributed by atoms with Crippen LogP contribution in [0.5, 0.6) is 0 Å². The number of nitrogens with zero attached hydrogens (tertiary/aromatic N) is 3. The third kappa shape index (κ3) is 6.54. The quantitative estimate of drug-likeness (QED) is 0.263. The minimum atomic E-state index is -0.587. The Morgan fingerprint density at radius 3 is 1.69 bits per heavy atom. The summed E-state index contributed by atoms with van der Waals surface area (Å²) >= 11 is 0. The van der Waals surface area contributed by atoms with Gasteiger partial charge >= 0.3 is 0 Å². The van der Waals surface area contributed by atoms with E-state index in [4.69, 9.17) is 0 Å². The van der Waals surface area contributed by atoms with Crippen LogP contribution in [0.25, 0.3) is 0 Å². The highest BCUT2D eigenvalue weighted by Gasteiger charge is 2.17. The molecule has 0 fully saturated rings. The van der Waals surface area contributed by atoms with E-state index in [-0.39, 0.29) is 11.9 Å². The molecule has 3 aromatic carbocycles. The van der Waals surface area contributed by atoms with Crippen molar-refractivity contribution in [1.29, 1.82) is 0 Å². The summed E-state index contributed by atoms with van der Waals surface area (Å²) < 4.78 is 0. The molecule has 4 rings (SSSR count). The van der Waals surface area contributed by atoms with Crippen LogP contribution in [0.3, 0.4) is 0 Å². The molecule has 8 heteroatoms. The summed E-state index contributed by atoms with van der Waals surface area (Å²) in [4.78, 5) is 26.3. The smallest absolute Gasteiger partial charge is 0.246 e. The van der Waals surface area contributed by atoms with E-state index in [2.05, 4.69) is 36.2 Å². The number of aromatic nitrogens is 3. The Labute approximate surface area is 205 Å². The third-order valence-corrected chi connectivity index (χ3v) is 5.39. The summed E-state index contributed by atoms with van der Waals surface area (Å²) in [5, 5.41) is 12.5. The van der Waals surface area contributed by atoms with Gasteiger partial charge < -0.3 is 21.3 Å². The number of benzene rings is 3. The Bertz CT molecular complexity index is 1240. The van der Waals surface area contributed by atoms with Crippen molar-refractivity contribution < 1.29 is 4.79 Å². The zero-order valence-corrected chi connectivity index (χ0v) is 20.3. The molecule has 4 aromatic rings. The second-order valence-corrected chi connectivity index (χ2v) is 8.46. The van der Waals surface area contributed by atoms with E-state index in [0.717, 1.165) is 33.8 Å². The van der Waals surface area contributed by atoms with Crippen LogP contribution in [-0.2, 0) is 4.79 Å². The van der Waals surface area contributed by atoms with Crippen LogP contribution in [0.2, 0.25) is 0 Å². The molecule has 0 bridgehead atoms. The number of nitrogens with one attached hydrogen (secondary N) is 4. The fraction of sp³-hybridized carbons (Fsp3) is 0.185. The van der Waals surface area contributed by atoms with Gasteiger partial charge in [0.2, 0.25) is 23.8 Å². The lowest BCUT2D eigenvalue weighted by Gasteiger charge is -2.16. The first-order valence-electron chi connectivity index (χ1n) is 11.4. The number of rotatable bonds is 8. The first kappa shape index (κ1) is 23.7. The monoisotopic (exact) mass is 467 g/mol. The number of hydrogen-bond acceptors (Lipinski definition) is 7. The Morgan fingerprint density at radius 1 is 0.686 bits per heavy atom. The SMILES string of the molecule is Cc1ccc(Nc2nc(Nc3ccc(C)cc3)nc(N[C@H](C)C(=O)Nc3ccccc3C)n2)cc1. The van der Waals surface area contributed by atoms with Crippen molar-refractivity contribution in [2.45, 2.75) is 33.7 Å². The molecule has 0 saturated heterocycles. The first-order valence-corrected chi connectivity index (χ1v) is 11.4. The van der Waals surface area contributed by atoms with Crippen LogP contribution in [0.15, 0.2) is 72.8 Å². The number of hydrogen-bond donors (Lipinski definition) is 4. The fourth-order valence-corrected chi connectivity index (χ4v) is 3.30. The summed E-state index contributed by atoms with van der Waals surface area (Å²) in [6, 6.07) is 22.9. The molecule has 0 unspecified atom stereocenters. The van der Waals surface area contributed by atoms with E-state index in [1.807, 2.05) is 93.6 Å². The maximum Gasteiger partial charge on any atom is 0.246 e. The Balaban J connectivity index is 1.56. The summed E-state index contributed by atoms with van der Waals surface area (Å²) in [6.07, 6.45) is 0. The summed E-state index contributed by atoms with van der Waals surface area (Å²) in [5.41, 5.74) is 5.76. The number of amides is 1. The molecule has 0 aliphatic heterocycles. The van der Waals surface area contributed by atoms with Gasteiger partial charge in [-0.15, -0.1) is 0 Å². The van der Waals surface area contributed by atoms with Gasteiger partial charge in [-0.05, 0) is 63.6 Å². The molecule has 0 saturated carbocycles. The Hall–Kier alpha value is -4.46. The molecule has 178 valence electrons. The Morgan fingerprint density at radius 2 is 1.17 bits per heavy atom. The predicted molar refractivity (Wildman–Crippen MR) is 142 cm³/mol. The van der Waals surface area contributed by atoms with Gasteiger partial charge in [0, 0.05) is 17.1 Å².